The highest BCUT2D eigenvalue weighted by Gasteiger charge is 2.08. The van der Waals surface area contributed by atoms with Crippen molar-refractivity contribution in [2.24, 2.45) is 0 Å². The van der Waals surface area contributed by atoms with Crippen molar-refractivity contribution in [3.8, 4) is 0 Å². The molecule has 2 aromatic rings. The standard InChI is InChI=1S/C13H10ClIN2O/c14-11-5-4-9(15)7-12(11)17-13(18)8-2-1-3-10(16)6-8/h1-7H,16H2,(H,17,18). The molecule has 18 heavy (non-hydrogen) atoms. The Hall–Kier alpha value is -1.27. The molecule has 0 fully saturated rings. The minimum Gasteiger partial charge on any atom is -0.399 e. The van der Waals surface area contributed by atoms with Crippen LogP contribution in [-0.4, -0.2) is 5.91 Å². The van der Waals surface area contributed by atoms with Crippen molar-refractivity contribution in [2.75, 3.05) is 11.1 Å². The third kappa shape index (κ3) is 3.14. The summed E-state index contributed by atoms with van der Waals surface area (Å²) in [4.78, 5) is 12.0. The van der Waals surface area contributed by atoms with E-state index in [0.717, 1.165) is 3.57 Å². The molecular weight excluding hydrogens is 363 g/mol. The Morgan fingerprint density at radius 2 is 2.00 bits per heavy atom. The van der Waals surface area contributed by atoms with Crippen LogP contribution in [0.4, 0.5) is 11.4 Å². The number of carbonyl (C=O) groups excluding carboxylic acids is 1. The van der Waals surface area contributed by atoms with Gasteiger partial charge in [-0.1, -0.05) is 17.7 Å². The van der Waals surface area contributed by atoms with E-state index < -0.39 is 0 Å². The van der Waals surface area contributed by atoms with E-state index in [4.69, 9.17) is 17.3 Å². The quantitative estimate of drug-likeness (QED) is 0.623. The minimum atomic E-state index is -0.230. The first kappa shape index (κ1) is 13.2. The number of halogens is 2. The summed E-state index contributed by atoms with van der Waals surface area (Å²) < 4.78 is 1.000. The number of rotatable bonds is 2. The molecule has 0 saturated carbocycles. The van der Waals surface area contributed by atoms with Gasteiger partial charge in [0.2, 0.25) is 0 Å². The molecule has 0 aliphatic carbocycles. The number of nitrogens with two attached hydrogens (primary N) is 1. The summed E-state index contributed by atoms with van der Waals surface area (Å²) in [5, 5.41) is 3.27. The van der Waals surface area contributed by atoms with E-state index in [2.05, 4.69) is 27.9 Å². The monoisotopic (exact) mass is 372 g/mol. The van der Waals surface area contributed by atoms with Gasteiger partial charge in [-0.25, -0.2) is 0 Å². The largest absolute Gasteiger partial charge is 0.399 e. The maximum absolute atomic E-state index is 12.0. The van der Waals surface area contributed by atoms with Crippen LogP contribution in [-0.2, 0) is 0 Å². The number of nitrogens with one attached hydrogen (secondary N) is 1. The molecule has 0 unspecified atom stereocenters. The van der Waals surface area contributed by atoms with Crippen molar-refractivity contribution in [1.82, 2.24) is 0 Å². The third-order valence-corrected chi connectivity index (χ3v) is 3.33. The molecule has 2 aromatic carbocycles. The van der Waals surface area contributed by atoms with E-state index in [-0.39, 0.29) is 5.91 Å². The molecule has 0 atom stereocenters. The van der Waals surface area contributed by atoms with Crippen molar-refractivity contribution in [2.45, 2.75) is 0 Å². The fourth-order valence-electron chi connectivity index (χ4n) is 1.47. The molecular formula is C13H10ClIN2O. The molecule has 3 N–H and O–H groups in total. The molecule has 0 aliphatic rings. The van der Waals surface area contributed by atoms with Gasteiger partial charge in [-0.3, -0.25) is 4.79 Å². The van der Waals surface area contributed by atoms with Crippen LogP contribution in [0.25, 0.3) is 0 Å². The van der Waals surface area contributed by atoms with E-state index in [1.165, 1.54) is 0 Å². The van der Waals surface area contributed by atoms with Crippen LogP contribution in [0.1, 0.15) is 10.4 Å². The maximum Gasteiger partial charge on any atom is 0.255 e. The highest BCUT2D eigenvalue weighted by molar-refractivity contribution is 14.1. The van der Waals surface area contributed by atoms with E-state index >= 15 is 0 Å². The van der Waals surface area contributed by atoms with Gasteiger partial charge in [-0.15, -0.1) is 0 Å². The zero-order valence-electron chi connectivity index (χ0n) is 9.28. The number of benzene rings is 2. The van der Waals surface area contributed by atoms with Crippen molar-refractivity contribution >= 4 is 51.5 Å². The van der Waals surface area contributed by atoms with E-state index in [1.807, 2.05) is 12.1 Å². The fourth-order valence-corrected chi connectivity index (χ4v) is 2.12. The number of hydrogen-bond donors (Lipinski definition) is 2. The van der Waals surface area contributed by atoms with Gasteiger partial charge in [0.05, 0.1) is 10.7 Å². The zero-order chi connectivity index (χ0) is 13.1. The molecule has 0 aliphatic heterocycles. The molecule has 5 heteroatoms. The fraction of sp³-hybridized carbons (Fsp3) is 0. The Kier molecular flexibility index (Phi) is 4.08. The lowest BCUT2D eigenvalue weighted by atomic mass is 10.2. The van der Waals surface area contributed by atoms with Gasteiger partial charge >= 0.3 is 0 Å². The number of anilines is 2. The van der Waals surface area contributed by atoms with Gasteiger partial charge in [0.25, 0.3) is 5.91 Å². The molecule has 0 radical (unpaired) electrons. The summed E-state index contributed by atoms with van der Waals surface area (Å²) in [6.07, 6.45) is 0. The first-order valence-corrected chi connectivity index (χ1v) is 6.64. The Bertz CT molecular complexity index is 601. The molecule has 1 amide bonds. The maximum atomic E-state index is 12.0. The third-order valence-electron chi connectivity index (χ3n) is 2.33. The van der Waals surface area contributed by atoms with Crippen LogP contribution in [0.2, 0.25) is 5.02 Å². The van der Waals surface area contributed by atoms with Gasteiger partial charge in [-0.05, 0) is 59.0 Å². The summed E-state index contributed by atoms with van der Waals surface area (Å²) >= 11 is 8.18. The SMILES string of the molecule is Nc1cccc(C(=O)Nc2cc(I)ccc2Cl)c1. The second-order valence-electron chi connectivity index (χ2n) is 3.70. The van der Waals surface area contributed by atoms with Crippen LogP contribution in [0.15, 0.2) is 42.5 Å². The molecule has 0 spiro atoms. The zero-order valence-corrected chi connectivity index (χ0v) is 12.2. The smallest absolute Gasteiger partial charge is 0.255 e. The first-order chi connectivity index (χ1) is 8.56. The van der Waals surface area contributed by atoms with E-state index in [0.29, 0.717) is 22.0 Å². The van der Waals surface area contributed by atoms with Crippen molar-refractivity contribution in [3.05, 3.63) is 56.6 Å². The summed E-state index contributed by atoms with van der Waals surface area (Å²) in [6.45, 7) is 0. The molecule has 0 heterocycles. The highest BCUT2D eigenvalue weighted by Crippen LogP contribution is 2.24. The van der Waals surface area contributed by atoms with Gasteiger partial charge in [0, 0.05) is 14.8 Å². The summed E-state index contributed by atoms with van der Waals surface area (Å²) in [7, 11) is 0. The minimum absolute atomic E-state index is 0.230. The Balaban J connectivity index is 2.24. The Morgan fingerprint density at radius 3 is 2.72 bits per heavy atom. The normalized spacial score (nSPS) is 10.1. The average molecular weight is 373 g/mol. The van der Waals surface area contributed by atoms with Crippen LogP contribution < -0.4 is 11.1 Å². The van der Waals surface area contributed by atoms with E-state index in [9.17, 15) is 4.79 Å². The number of hydrogen-bond acceptors (Lipinski definition) is 2. The Labute approximate surface area is 123 Å². The second kappa shape index (κ2) is 5.58. The number of nitrogen functional groups attached to an aromatic ring is 1. The topological polar surface area (TPSA) is 55.1 Å². The molecule has 0 aromatic heterocycles. The lowest BCUT2D eigenvalue weighted by molar-refractivity contribution is 0.102. The lowest BCUT2D eigenvalue weighted by Gasteiger charge is -2.08. The van der Waals surface area contributed by atoms with Gasteiger partial charge < -0.3 is 11.1 Å². The van der Waals surface area contributed by atoms with Crippen LogP contribution in [0.3, 0.4) is 0 Å². The average Bonchev–Trinajstić information content (AvgIpc) is 2.34. The molecule has 2 rings (SSSR count). The number of amides is 1. The summed E-state index contributed by atoms with van der Waals surface area (Å²) in [5.41, 5.74) is 7.29. The van der Waals surface area contributed by atoms with Crippen molar-refractivity contribution in [3.63, 3.8) is 0 Å². The molecule has 0 saturated heterocycles. The van der Waals surface area contributed by atoms with Gasteiger partial charge in [0.15, 0.2) is 0 Å². The molecule has 92 valence electrons. The Morgan fingerprint density at radius 1 is 1.22 bits per heavy atom. The highest BCUT2D eigenvalue weighted by atomic mass is 127. The summed E-state index contributed by atoms with van der Waals surface area (Å²) in [6, 6.07) is 12.2. The first-order valence-electron chi connectivity index (χ1n) is 5.18. The van der Waals surface area contributed by atoms with Gasteiger partial charge in [0.1, 0.15) is 0 Å². The number of carbonyl (C=O) groups is 1. The molecule has 0 bridgehead atoms. The van der Waals surface area contributed by atoms with Crippen molar-refractivity contribution < 1.29 is 4.79 Å². The van der Waals surface area contributed by atoms with Crippen molar-refractivity contribution in [1.29, 1.82) is 0 Å². The van der Waals surface area contributed by atoms with Gasteiger partial charge in [-0.2, -0.15) is 0 Å². The van der Waals surface area contributed by atoms with Crippen LogP contribution in [0, 0.1) is 3.57 Å². The second-order valence-corrected chi connectivity index (χ2v) is 5.36. The predicted octanol–water partition coefficient (Wildman–Crippen LogP) is 3.78. The van der Waals surface area contributed by atoms with Crippen LogP contribution in [0.5, 0.6) is 0 Å². The van der Waals surface area contributed by atoms with Crippen LogP contribution >= 0.6 is 34.2 Å². The van der Waals surface area contributed by atoms with E-state index in [1.54, 1.807) is 30.3 Å². The molecule has 3 nitrogen and oxygen atoms in total. The summed E-state index contributed by atoms with van der Waals surface area (Å²) in [5.74, 6) is -0.230. The lowest BCUT2D eigenvalue weighted by Crippen LogP contribution is -2.12. The predicted molar refractivity (Wildman–Crippen MR) is 83.0 cm³/mol.